The van der Waals surface area contributed by atoms with Crippen LogP contribution in [0.1, 0.15) is 47.1 Å². The van der Waals surface area contributed by atoms with Gasteiger partial charge in [0.25, 0.3) is 5.91 Å². The average molecular weight is 562 g/mol. The fourth-order valence-electron chi connectivity index (χ4n) is 3.35. The molecule has 0 saturated heterocycles. The first-order valence-electron chi connectivity index (χ1n) is 12.0. The van der Waals surface area contributed by atoms with Crippen LogP contribution < -0.4 is 36.8 Å². The van der Waals surface area contributed by atoms with E-state index in [-0.39, 0.29) is 17.7 Å². The predicted octanol–water partition coefficient (Wildman–Crippen LogP) is -0.564. The quantitative estimate of drug-likeness (QED) is 0.148. The molecule has 5 N–H and O–H groups in total. The van der Waals surface area contributed by atoms with Gasteiger partial charge >= 0.3 is 0 Å². The summed E-state index contributed by atoms with van der Waals surface area (Å²) in [5, 5.41) is 33.6. The largest absolute Gasteiger partial charge is 0.530 e. The van der Waals surface area contributed by atoms with Crippen molar-refractivity contribution in [2.45, 2.75) is 45.3 Å². The number of aromatic nitrogens is 1. The first-order chi connectivity index (χ1) is 18.4. The Morgan fingerprint density at radius 3 is 2.18 bits per heavy atom. The van der Waals surface area contributed by atoms with Gasteiger partial charge in [-0.2, -0.15) is 0 Å². The third kappa shape index (κ3) is 11.3. The zero-order valence-electron chi connectivity index (χ0n) is 21.8. The summed E-state index contributed by atoms with van der Waals surface area (Å²) in [5.41, 5.74) is 1.80. The van der Waals surface area contributed by atoms with Gasteiger partial charge in [-0.3, -0.25) is 14.4 Å². The standard InChI is InChI=1S/C24H33N7O7S/c1-14(32)26-22-28-17(19(39-22)20(34)25-13-5-4-6-18(33)31(2)3)12-9-15-7-10-16(11-8-15)27-21(29-23(35)36)30-24(37)38/h7-8,10-11,21,27,29-30H,4-6,9,12-13H2,1-3H3,(H,25,34)(H,35,36)(H,37,38)(H,26,28,32)/p-2. The second kappa shape index (κ2) is 15.1. The van der Waals surface area contributed by atoms with Crippen molar-refractivity contribution in [1.82, 2.24) is 25.8 Å². The van der Waals surface area contributed by atoms with Crippen molar-refractivity contribution in [2.75, 3.05) is 31.3 Å². The van der Waals surface area contributed by atoms with Crippen LogP contribution in [0.3, 0.4) is 0 Å². The number of nitrogens with zero attached hydrogens (tertiary/aromatic N) is 2. The number of thiazole rings is 1. The highest BCUT2D eigenvalue weighted by atomic mass is 32.1. The Balaban J connectivity index is 2.00. The van der Waals surface area contributed by atoms with Crippen LogP contribution in [0.15, 0.2) is 24.3 Å². The number of rotatable bonds is 14. The molecule has 15 heteroatoms. The third-order valence-corrected chi connectivity index (χ3v) is 6.24. The van der Waals surface area contributed by atoms with E-state index >= 15 is 0 Å². The minimum atomic E-state index is -1.68. The van der Waals surface area contributed by atoms with Crippen molar-refractivity contribution in [3.05, 3.63) is 40.4 Å². The topological polar surface area (TPSA) is 208 Å². The number of amides is 5. The Hall–Kier alpha value is -4.40. The van der Waals surface area contributed by atoms with Gasteiger partial charge < -0.3 is 51.3 Å². The number of nitrogens with one attached hydrogen (secondary N) is 5. The second-order valence-electron chi connectivity index (χ2n) is 8.62. The molecular formula is C24H31N7O7S-2. The van der Waals surface area contributed by atoms with Crippen molar-refractivity contribution in [1.29, 1.82) is 0 Å². The molecule has 0 radical (unpaired) electrons. The summed E-state index contributed by atoms with van der Waals surface area (Å²) < 4.78 is 0. The predicted molar refractivity (Wildman–Crippen MR) is 140 cm³/mol. The Kier molecular flexibility index (Phi) is 11.9. The molecule has 0 atom stereocenters. The molecule has 0 aliphatic heterocycles. The van der Waals surface area contributed by atoms with E-state index in [2.05, 4.69) is 20.9 Å². The fraction of sp³-hybridized carbons (Fsp3) is 0.417. The van der Waals surface area contributed by atoms with E-state index in [4.69, 9.17) is 0 Å². The van der Waals surface area contributed by atoms with Crippen LogP contribution in [0.4, 0.5) is 20.4 Å². The highest BCUT2D eigenvalue weighted by molar-refractivity contribution is 7.17. The summed E-state index contributed by atoms with van der Waals surface area (Å²) in [6.45, 7) is 1.74. The number of carbonyl (C=O) groups is 5. The monoisotopic (exact) mass is 561 g/mol. The average Bonchev–Trinajstić information content (AvgIpc) is 3.24. The summed E-state index contributed by atoms with van der Waals surface area (Å²) in [6, 6.07) is 6.73. The maximum absolute atomic E-state index is 12.8. The van der Waals surface area contributed by atoms with Crippen LogP contribution in [-0.4, -0.2) is 66.7 Å². The number of benzene rings is 1. The molecule has 0 spiro atoms. The maximum atomic E-state index is 12.8. The Morgan fingerprint density at radius 1 is 0.974 bits per heavy atom. The molecule has 212 valence electrons. The van der Waals surface area contributed by atoms with Crippen molar-refractivity contribution in [3.8, 4) is 0 Å². The number of hydrogen-bond acceptors (Lipinski definition) is 10. The molecule has 1 aromatic carbocycles. The number of carbonyl (C=O) groups excluding carboxylic acids is 5. The Labute approximate surface area is 229 Å². The highest BCUT2D eigenvalue weighted by Crippen LogP contribution is 2.25. The lowest BCUT2D eigenvalue weighted by Gasteiger charge is -2.24. The molecule has 0 aliphatic rings. The summed E-state index contributed by atoms with van der Waals surface area (Å²) in [5.74, 6) is -0.599. The normalized spacial score (nSPS) is 10.5. The minimum absolute atomic E-state index is 0.0260. The summed E-state index contributed by atoms with van der Waals surface area (Å²) in [6.07, 6.45) is -2.17. The van der Waals surface area contributed by atoms with Crippen molar-refractivity contribution >= 4 is 52.1 Å². The van der Waals surface area contributed by atoms with E-state index in [9.17, 15) is 34.2 Å². The van der Waals surface area contributed by atoms with E-state index < -0.39 is 18.5 Å². The van der Waals surface area contributed by atoms with Gasteiger partial charge in [0.15, 0.2) is 11.4 Å². The van der Waals surface area contributed by atoms with Crippen molar-refractivity contribution in [3.63, 3.8) is 0 Å². The number of carboxylic acid groups (broad SMARTS) is 2. The molecule has 1 heterocycles. The first-order valence-corrected chi connectivity index (χ1v) is 12.8. The number of aryl methyl sites for hydroxylation is 2. The highest BCUT2D eigenvalue weighted by Gasteiger charge is 2.19. The van der Waals surface area contributed by atoms with Gasteiger partial charge in [0.05, 0.1) is 5.69 Å². The smallest absolute Gasteiger partial charge is 0.263 e. The first kappa shape index (κ1) is 30.8. The molecule has 5 amide bonds. The molecular weight excluding hydrogens is 530 g/mol. The Morgan fingerprint density at radius 2 is 1.62 bits per heavy atom. The number of unbranched alkanes of at least 4 members (excludes halogenated alkanes) is 1. The molecule has 0 bridgehead atoms. The van der Waals surface area contributed by atoms with Crippen LogP contribution in [0.25, 0.3) is 0 Å². The van der Waals surface area contributed by atoms with Crippen LogP contribution >= 0.6 is 11.3 Å². The molecule has 2 rings (SSSR count). The zero-order valence-corrected chi connectivity index (χ0v) is 22.6. The van der Waals surface area contributed by atoms with Gasteiger partial charge in [-0.25, -0.2) is 4.98 Å². The van der Waals surface area contributed by atoms with E-state index in [1.165, 1.54) is 11.8 Å². The fourth-order valence-corrected chi connectivity index (χ4v) is 4.32. The molecule has 0 fully saturated rings. The summed E-state index contributed by atoms with van der Waals surface area (Å²) in [4.78, 5) is 63.8. The third-order valence-electron chi connectivity index (χ3n) is 5.23. The van der Waals surface area contributed by atoms with E-state index in [1.54, 1.807) is 38.4 Å². The second-order valence-corrected chi connectivity index (χ2v) is 9.61. The SMILES string of the molecule is CC(=O)Nc1nc(CCc2ccc(NC(NC(=O)[O-])NC(=O)[O-])cc2)c(C(=O)NCCCCC(=O)N(C)C)s1. The van der Waals surface area contributed by atoms with Gasteiger partial charge in [-0.05, 0) is 43.4 Å². The van der Waals surface area contributed by atoms with E-state index in [1.807, 2.05) is 10.6 Å². The van der Waals surface area contributed by atoms with Crippen molar-refractivity contribution in [2.24, 2.45) is 0 Å². The van der Waals surface area contributed by atoms with Crippen LogP contribution in [0.2, 0.25) is 0 Å². The molecule has 2 aromatic rings. The lowest BCUT2D eigenvalue weighted by atomic mass is 10.1. The Bertz CT molecular complexity index is 1150. The van der Waals surface area contributed by atoms with Gasteiger partial charge in [0, 0.05) is 39.7 Å². The molecule has 0 unspecified atom stereocenters. The lowest BCUT2D eigenvalue weighted by Crippen LogP contribution is -2.58. The minimum Gasteiger partial charge on any atom is -0.530 e. The van der Waals surface area contributed by atoms with Crippen LogP contribution in [-0.2, 0) is 22.4 Å². The molecule has 39 heavy (non-hydrogen) atoms. The zero-order chi connectivity index (χ0) is 28.9. The molecule has 0 saturated carbocycles. The number of hydrogen-bond donors (Lipinski definition) is 5. The molecule has 0 aliphatic carbocycles. The van der Waals surface area contributed by atoms with E-state index in [0.29, 0.717) is 60.0 Å². The molecule has 14 nitrogen and oxygen atoms in total. The van der Waals surface area contributed by atoms with Gasteiger partial charge in [0.1, 0.15) is 17.1 Å². The van der Waals surface area contributed by atoms with Gasteiger partial charge in [-0.15, -0.1) is 0 Å². The molecule has 1 aromatic heterocycles. The summed E-state index contributed by atoms with van der Waals surface area (Å²) >= 11 is 1.08. The van der Waals surface area contributed by atoms with Crippen LogP contribution in [0, 0.1) is 0 Å². The number of anilines is 2. The van der Waals surface area contributed by atoms with Crippen LogP contribution in [0.5, 0.6) is 0 Å². The van der Waals surface area contributed by atoms with Gasteiger partial charge in [-0.1, -0.05) is 23.5 Å². The van der Waals surface area contributed by atoms with E-state index in [0.717, 1.165) is 16.9 Å². The van der Waals surface area contributed by atoms with Gasteiger partial charge in [0.2, 0.25) is 11.8 Å². The van der Waals surface area contributed by atoms with Crippen molar-refractivity contribution < 1.29 is 34.2 Å². The lowest BCUT2D eigenvalue weighted by molar-refractivity contribution is -0.255. The maximum Gasteiger partial charge on any atom is 0.263 e. The summed E-state index contributed by atoms with van der Waals surface area (Å²) in [7, 11) is 3.39.